The van der Waals surface area contributed by atoms with Gasteiger partial charge < -0.3 is 4.74 Å². The summed E-state index contributed by atoms with van der Waals surface area (Å²) in [6.07, 6.45) is 1.26. The molecule has 0 aliphatic heterocycles. The van der Waals surface area contributed by atoms with Crippen molar-refractivity contribution in [3.63, 3.8) is 0 Å². The predicted octanol–water partition coefficient (Wildman–Crippen LogP) is 3.32. The Bertz CT molecular complexity index is 320. The fourth-order valence-corrected chi connectivity index (χ4v) is 2.38. The smallest absolute Gasteiger partial charge is 0.174 e. The van der Waals surface area contributed by atoms with Crippen LogP contribution in [0.4, 0.5) is 0 Å². The quantitative estimate of drug-likeness (QED) is 0.575. The van der Waals surface area contributed by atoms with Crippen LogP contribution < -0.4 is 0 Å². The molecule has 14 heavy (non-hydrogen) atoms. The maximum atomic E-state index is 11.6. The lowest BCUT2D eigenvalue weighted by atomic mass is 10.2. The molecule has 0 aliphatic rings. The molecule has 1 heterocycles. The van der Waals surface area contributed by atoms with E-state index in [0.29, 0.717) is 22.9 Å². The summed E-state index contributed by atoms with van der Waals surface area (Å²) >= 11 is 7.39. The first-order chi connectivity index (χ1) is 6.66. The van der Waals surface area contributed by atoms with Gasteiger partial charge in [-0.1, -0.05) is 11.6 Å². The molecular weight excluding hydrogens is 220 g/mol. The van der Waals surface area contributed by atoms with Gasteiger partial charge in [0.25, 0.3) is 0 Å². The zero-order valence-corrected chi connectivity index (χ0v) is 9.87. The number of carbonyl (C=O) groups is 1. The third-order valence-corrected chi connectivity index (χ3v) is 3.64. The van der Waals surface area contributed by atoms with Gasteiger partial charge in [0.1, 0.15) is 0 Å². The monoisotopic (exact) mass is 232 g/mol. The van der Waals surface area contributed by atoms with Gasteiger partial charge in [-0.15, -0.1) is 11.3 Å². The van der Waals surface area contributed by atoms with E-state index in [2.05, 4.69) is 0 Å². The van der Waals surface area contributed by atoms with E-state index < -0.39 is 0 Å². The molecule has 0 radical (unpaired) electrons. The van der Waals surface area contributed by atoms with Crippen molar-refractivity contribution < 1.29 is 9.53 Å². The van der Waals surface area contributed by atoms with Crippen molar-refractivity contribution in [2.24, 2.45) is 0 Å². The van der Waals surface area contributed by atoms with Crippen LogP contribution in [0.1, 0.15) is 28.1 Å². The maximum Gasteiger partial charge on any atom is 0.174 e. The molecule has 0 aliphatic carbocycles. The van der Waals surface area contributed by atoms with E-state index in [9.17, 15) is 4.79 Å². The van der Waals surface area contributed by atoms with Crippen molar-refractivity contribution in [3.05, 3.63) is 20.8 Å². The topological polar surface area (TPSA) is 26.3 Å². The first-order valence-corrected chi connectivity index (χ1v) is 5.68. The van der Waals surface area contributed by atoms with E-state index >= 15 is 0 Å². The summed E-state index contributed by atoms with van der Waals surface area (Å²) in [5.41, 5.74) is 0.978. The summed E-state index contributed by atoms with van der Waals surface area (Å²) in [6.45, 7) is 2.53. The van der Waals surface area contributed by atoms with Crippen LogP contribution in [0, 0.1) is 6.92 Å². The van der Waals surface area contributed by atoms with E-state index in [1.54, 1.807) is 7.11 Å². The summed E-state index contributed by atoms with van der Waals surface area (Å²) in [5.74, 6) is 0.116. The highest BCUT2D eigenvalue weighted by Crippen LogP contribution is 2.28. The zero-order chi connectivity index (χ0) is 10.6. The predicted molar refractivity (Wildman–Crippen MR) is 59.5 cm³/mol. The van der Waals surface area contributed by atoms with Crippen molar-refractivity contribution >= 4 is 28.7 Å². The number of halogens is 1. The highest BCUT2D eigenvalue weighted by molar-refractivity contribution is 7.13. The fourth-order valence-electron chi connectivity index (χ4n) is 1.11. The van der Waals surface area contributed by atoms with Crippen molar-refractivity contribution in [2.45, 2.75) is 19.8 Å². The molecule has 0 spiro atoms. The van der Waals surface area contributed by atoms with Gasteiger partial charge >= 0.3 is 0 Å². The number of methoxy groups -OCH3 is 1. The second-order valence-corrected chi connectivity index (χ2v) is 4.34. The molecule has 78 valence electrons. The molecule has 0 aromatic carbocycles. The maximum absolute atomic E-state index is 11.6. The second-order valence-electron chi connectivity index (χ2n) is 3.08. The summed E-state index contributed by atoms with van der Waals surface area (Å²) in [7, 11) is 1.63. The molecule has 0 amide bonds. The van der Waals surface area contributed by atoms with E-state index in [1.165, 1.54) is 11.3 Å². The van der Waals surface area contributed by atoms with Gasteiger partial charge in [0, 0.05) is 20.1 Å². The molecule has 1 rings (SSSR count). The lowest BCUT2D eigenvalue weighted by Crippen LogP contribution is -1.99. The SMILES string of the molecule is COCCCC(=O)c1scc(C)c1Cl. The van der Waals surface area contributed by atoms with Crippen LogP contribution in [0.25, 0.3) is 0 Å². The molecule has 4 heteroatoms. The van der Waals surface area contributed by atoms with Crippen LogP contribution >= 0.6 is 22.9 Å². The summed E-state index contributed by atoms with van der Waals surface area (Å²) in [5, 5.41) is 2.52. The minimum atomic E-state index is 0.116. The highest BCUT2D eigenvalue weighted by Gasteiger charge is 2.13. The Hall–Kier alpha value is -0.380. The van der Waals surface area contributed by atoms with Gasteiger partial charge in [0.05, 0.1) is 9.90 Å². The Balaban J connectivity index is 2.56. The fraction of sp³-hybridized carbons (Fsp3) is 0.500. The molecule has 0 atom stereocenters. The van der Waals surface area contributed by atoms with Crippen LogP contribution in [0.3, 0.4) is 0 Å². The number of aryl methyl sites for hydroxylation is 1. The second kappa shape index (κ2) is 5.49. The van der Waals surface area contributed by atoms with Crippen molar-refractivity contribution in [3.8, 4) is 0 Å². The molecule has 0 bridgehead atoms. The highest BCUT2D eigenvalue weighted by atomic mass is 35.5. The molecule has 0 fully saturated rings. The van der Waals surface area contributed by atoms with E-state index in [1.807, 2.05) is 12.3 Å². The molecule has 1 aromatic heterocycles. The number of carbonyl (C=O) groups excluding carboxylic acids is 1. The summed E-state index contributed by atoms with van der Waals surface area (Å²) in [4.78, 5) is 12.3. The van der Waals surface area contributed by atoms with Crippen molar-refractivity contribution in [1.82, 2.24) is 0 Å². The Kier molecular flexibility index (Phi) is 4.58. The number of rotatable bonds is 5. The van der Waals surface area contributed by atoms with Crippen LogP contribution in [0.2, 0.25) is 5.02 Å². The number of thiophene rings is 1. The number of hydrogen-bond acceptors (Lipinski definition) is 3. The van der Waals surface area contributed by atoms with Gasteiger partial charge in [0.2, 0.25) is 0 Å². The molecule has 0 saturated carbocycles. The van der Waals surface area contributed by atoms with Gasteiger partial charge in [0.15, 0.2) is 5.78 Å². The molecule has 2 nitrogen and oxygen atoms in total. The van der Waals surface area contributed by atoms with Gasteiger partial charge in [-0.05, 0) is 24.3 Å². The number of Topliss-reactive ketones (excluding diaryl/α,β-unsaturated/α-hetero) is 1. The van der Waals surface area contributed by atoms with Crippen LogP contribution in [0.5, 0.6) is 0 Å². The van der Waals surface area contributed by atoms with E-state index in [-0.39, 0.29) is 5.78 Å². The summed E-state index contributed by atoms with van der Waals surface area (Å²) in [6, 6.07) is 0. The first kappa shape index (κ1) is 11.7. The third kappa shape index (κ3) is 2.80. The van der Waals surface area contributed by atoms with Crippen molar-refractivity contribution in [1.29, 1.82) is 0 Å². The van der Waals surface area contributed by atoms with Crippen LogP contribution in [0.15, 0.2) is 5.38 Å². The molecular formula is C10H13ClO2S. The minimum absolute atomic E-state index is 0.116. The number of ether oxygens (including phenoxy) is 1. The van der Waals surface area contributed by atoms with Gasteiger partial charge in [-0.3, -0.25) is 4.79 Å². The number of hydrogen-bond donors (Lipinski definition) is 0. The van der Waals surface area contributed by atoms with Crippen LogP contribution in [-0.2, 0) is 4.74 Å². The Morgan fingerprint density at radius 1 is 1.64 bits per heavy atom. The largest absolute Gasteiger partial charge is 0.385 e. The molecule has 0 saturated heterocycles. The number of ketones is 1. The zero-order valence-electron chi connectivity index (χ0n) is 8.30. The Morgan fingerprint density at radius 2 is 2.36 bits per heavy atom. The van der Waals surface area contributed by atoms with Gasteiger partial charge in [-0.25, -0.2) is 0 Å². The standard InChI is InChI=1S/C10H13ClO2S/c1-7-6-14-10(9(7)11)8(12)4-3-5-13-2/h6H,3-5H2,1-2H3. The Morgan fingerprint density at radius 3 is 2.86 bits per heavy atom. The lowest BCUT2D eigenvalue weighted by Gasteiger charge is -1.98. The molecule has 0 unspecified atom stereocenters. The first-order valence-electron chi connectivity index (χ1n) is 4.42. The molecule has 0 N–H and O–H groups in total. The minimum Gasteiger partial charge on any atom is -0.385 e. The summed E-state index contributed by atoms with van der Waals surface area (Å²) < 4.78 is 4.88. The van der Waals surface area contributed by atoms with Gasteiger partial charge in [-0.2, -0.15) is 0 Å². The van der Waals surface area contributed by atoms with E-state index in [4.69, 9.17) is 16.3 Å². The lowest BCUT2D eigenvalue weighted by molar-refractivity contribution is 0.0967. The average molecular weight is 233 g/mol. The Labute approximate surface area is 92.8 Å². The van der Waals surface area contributed by atoms with Crippen LogP contribution in [-0.4, -0.2) is 19.5 Å². The normalized spacial score (nSPS) is 10.5. The third-order valence-electron chi connectivity index (χ3n) is 1.90. The molecule has 1 aromatic rings. The van der Waals surface area contributed by atoms with E-state index in [0.717, 1.165) is 12.0 Å². The van der Waals surface area contributed by atoms with Crippen molar-refractivity contribution in [2.75, 3.05) is 13.7 Å². The average Bonchev–Trinajstić information content (AvgIpc) is 2.48.